The van der Waals surface area contributed by atoms with Gasteiger partial charge in [0.05, 0.1) is 12.7 Å². The summed E-state index contributed by atoms with van der Waals surface area (Å²) in [4.78, 5) is 0. The first-order valence-corrected chi connectivity index (χ1v) is 5.63. The summed E-state index contributed by atoms with van der Waals surface area (Å²) in [5.41, 5.74) is 0. The third kappa shape index (κ3) is 5.27. The summed E-state index contributed by atoms with van der Waals surface area (Å²) in [6.45, 7) is 4.89. The Bertz CT molecular complexity index is 109. The van der Waals surface area contributed by atoms with E-state index in [1.807, 2.05) is 0 Å². The Morgan fingerprint density at radius 1 is 1.31 bits per heavy atom. The quantitative estimate of drug-likeness (QED) is 0.569. The summed E-state index contributed by atoms with van der Waals surface area (Å²) in [5, 5.41) is 0. The number of ether oxygens (including phenoxy) is 2. The van der Waals surface area contributed by atoms with Crippen LogP contribution in [0.25, 0.3) is 0 Å². The minimum absolute atomic E-state index is 0.395. The van der Waals surface area contributed by atoms with Crippen LogP contribution in [-0.2, 0) is 9.47 Å². The van der Waals surface area contributed by atoms with Gasteiger partial charge in [-0.05, 0) is 19.3 Å². The average Bonchev–Trinajstić information content (AvgIpc) is 2.63. The van der Waals surface area contributed by atoms with Gasteiger partial charge in [-0.15, -0.1) is 0 Å². The van der Waals surface area contributed by atoms with Crippen LogP contribution in [0.1, 0.15) is 45.4 Å². The van der Waals surface area contributed by atoms with Crippen LogP contribution in [0.15, 0.2) is 0 Å². The molecule has 0 N–H and O–H groups in total. The highest BCUT2D eigenvalue weighted by Gasteiger charge is 2.14. The van der Waals surface area contributed by atoms with E-state index in [2.05, 4.69) is 6.92 Å². The van der Waals surface area contributed by atoms with Crippen molar-refractivity contribution in [2.45, 2.75) is 51.6 Å². The highest BCUT2D eigenvalue weighted by atomic mass is 16.5. The van der Waals surface area contributed by atoms with Crippen molar-refractivity contribution in [3.05, 3.63) is 0 Å². The number of hydrogen-bond donors (Lipinski definition) is 0. The molecule has 0 aromatic rings. The van der Waals surface area contributed by atoms with Crippen LogP contribution in [-0.4, -0.2) is 25.9 Å². The topological polar surface area (TPSA) is 18.5 Å². The molecule has 1 atom stereocenters. The molecule has 1 rings (SSSR count). The van der Waals surface area contributed by atoms with Gasteiger partial charge >= 0.3 is 0 Å². The van der Waals surface area contributed by atoms with Gasteiger partial charge in [-0.1, -0.05) is 26.2 Å². The molecule has 1 saturated heterocycles. The first-order chi connectivity index (χ1) is 6.43. The van der Waals surface area contributed by atoms with E-state index in [9.17, 15) is 0 Å². The highest BCUT2D eigenvalue weighted by Crippen LogP contribution is 2.12. The Morgan fingerprint density at radius 3 is 2.92 bits per heavy atom. The second-order valence-corrected chi connectivity index (χ2v) is 3.77. The first kappa shape index (κ1) is 11.0. The van der Waals surface area contributed by atoms with Gasteiger partial charge in [0.1, 0.15) is 0 Å². The Hall–Kier alpha value is -0.0800. The molecule has 0 aliphatic carbocycles. The van der Waals surface area contributed by atoms with Gasteiger partial charge in [-0.3, -0.25) is 0 Å². The van der Waals surface area contributed by atoms with E-state index in [-0.39, 0.29) is 0 Å². The standard InChI is InChI=1S/C11H22O2/c1-2-3-4-5-8-12-10-11-7-6-9-13-11/h11H,2-10H2,1H3. The molecule has 2 nitrogen and oxygen atoms in total. The second kappa shape index (κ2) is 7.34. The lowest BCUT2D eigenvalue weighted by molar-refractivity contribution is 0.0161. The molecule has 2 heteroatoms. The number of unbranched alkanes of at least 4 members (excludes halogenated alkanes) is 3. The van der Waals surface area contributed by atoms with Crippen LogP contribution in [0.3, 0.4) is 0 Å². The minimum Gasteiger partial charge on any atom is -0.379 e. The number of hydrogen-bond acceptors (Lipinski definition) is 2. The van der Waals surface area contributed by atoms with E-state index in [1.54, 1.807) is 0 Å². The summed E-state index contributed by atoms with van der Waals surface area (Å²) < 4.78 is 11.0. The van der Waals surface area contributed by atoms with Crippen LogP contribution in [0.4, 0.5) is 0 Å². The van der Waals surface area contributed by atoms with E-state index in [0.29, 0.717) is 6.10 Å². The molecule has 0 bridgehead atoms. The lowest BCUT2D eigenvalue weighted by Crippen LogP contribution is -2.14. The molecule has 0 saturated carbocycles. The van der Waals surface area contributed by atoms with Gasteiger partial charge in [0.15, 0.2) is 0 Å². The molecule has 1 heterocycles. The van der Waals surface area contributed by atoms with Gasteiger partial charge in [0.25, 0.3) is 0 Å². The zero-order chi connectivity index (χ0) is 9.36. The third-order valence-electron chi connectivity index (χ3n) is 2.47. The van der Waals surface area contributed by atoms with Crippen molar-refractivity contribution in [2.75, 3.05) is 19.8 Å². The van der Waals surface area contributed by atoms with E-state index in [1.165, 1.54) is 38.5 Å². The third-order valence-corrected chi connectivity index (χ3v) is 2.47. The molecule has 1 unspecified atom stereocenters. The van der Waals surface area contributed by atoms with Gasteiger partial charge in [0, 0.05) is 13.2 Å². The zero-order valence-corrected chi connectivity index (χ0v) is 8.76. The Kier molecular flexibility index (Phi) is 6.21. The predicted molar refractivity (Wildman–Crippen MR) is 53.9 cm³/mol. The predicted octanol–water partition coefficient (Wildman–Crippen LogP) is 2.76. The fourth-order valence-electron chi connectivity index (χ4n) is 1.62. The molecule has 0 amide bonds. The monoisotopic (exact) mass is 186 g/mol. The molecule has 0 spiro atoms. The summed E-state index contributed by atoms with van der Waals surface area (Å²) in [7, 11) is 0. The summed E-state index contributed by atoms with van der Waals surface area (Å²) in [6.07, 6.45) is 7.95. The fourth-order valence-corrected chi connectivity index (χ4v) is 1.62. The maximum Gasteiger partial charge on any atom is 0.0809 e. The van der Waals surface area contributed by atoms with Crippen LogP contribution in [0, 0.1) is 0 Å². The Morgan fingerprint density at radius 2 is 2.23 bits per heavy atom. The van der Waals surface area contributed by atoms with Crippen molar-refractivity contribution < 1.29 is 9.47 Å². The van der Waals surface area contributed by atoms with Crippen molar-refractivity contribution >= 4 is 0 Å². The smallest absolute Gasteiger partial charge is 0.0809 e. The van der Waals surface area contributed by atoms with Crippen LogP contribution < -0.4 is 0 Å². The molecular weight excluding hydrogens is 164 g/mol. The van der Waals surface area contributed by atoms with Crippen LogP contribution in [0.2, 0.25) is 0 Å². The molecular formula is C11H22O2. The zero-order valence-electron chi connectivity index (χ0n) is 8.76. The summed E-state index contributed by atoms with van der Waals surface area (Å²) in [6, 6.07) is 0. The molecule has 1 fully saturated rings. The fraction of sp³-hybridized carbons (Fsp3) is 1.00. The molecule has 0 radical (unpaired) electrons. The molecule has 13 heavy (non-hydrogen) atoms. The van der Waals surface area contributed by atoms with E-state index in [4.69, 9.17) is 9.47 Å². The van der Waals surface area contributed by atoms with Crippen molar-refractivity contribution in [1.82, 2.24) is 0 Å². The summed E-state index contributed by atoms with van der Waals surface area (Å²) >= 11 is 0. The molecule has 0 aromatic carbocycles. The van der Waals surface area contributed by atoms with E-state index in [0.717, 1.165) is 19.8 Å². The average molecular weight is 186 g/mol. The molecule has 78 valence electrons. The van der Waals surface area contributed by atoms with Crippen LogP contribution in [0.5, 0.6) is 0 Å². The van der Waals surface area contributed by atoms with Crippen molar-refractivity contribution in [3.8, 4) is 0 Å². The maximum atomic E-state index is 5.54. The van der Waals surface area contributed by atoms with E-state index >= 15 is 0 Å². The second-order valence-electron chi connectivity index (χ2n) is 3.77. The summed E-state index contributed by atoms with van der Waals surface area (Å²) in [5.74, 6) is 0. The van der Waals surface area contributed by atoms with E-state index < -0.39 is 0 Å². The Balaban J connectivity index is 1.78. The lowest BCUT2D eigenvalue weighted by atomic mass is 10.2. The largest absolute Gasteiger partial charge is 0.379 e. The van der Waals surface area contributed by atoms with Gasteiger partial charge in [-0.2, -0.15) is 0 Å². The minimum atomic E-state index is 0.395. The van der Waals surface area contributed by atoms with Crippen LogP contribution >= 0.6 is 0 Å². The maximum absolute atomic E-state index is 5.54. The Labute approximate surface area is 81.6 Å². The van der Waals surface area contributed by atoms with Crippen molar-refractivity contribution in [1.29, 1.82) is 0 Å². The van der Waals surface area contributed by atoms with Gasteiger partial charge in [0.2, 0.25) is 0 Å². The molecule has 1 aliphatic heterocycles. The molecule has 1 aliphatic rings. The van der Waals surface area contributed by atoms with Gasteiger partial charge < -0.3 is 9.47 Å². The lowest BCUT2D eigenvalue weighted by Gasteiger charge is -2.09. The van der Waals surface area contributed by atoms with Gasteiger partial charge in [-0.25, -0.2) is 0 Å². The SMILES string of the molecule is CCCCCCOCC1CCCO1. The normalized spacial score (nSPS) is 22.4. The first-order valence-electron chi connectivity index (χ1n) is 5.63. The van der Waals surface area contributed by atoms with Crippen molar-refractivity contribution in [2.24, 2.45) is 0 Å². The van der Waals surface area contributed by atoms with Crippen molar-refractivity contribution in [3.63, 3.8) is 0 Å². The number of rotatable bonds is 7. The highest BCUT2D eigenvalue weighted by molar-refractivity contribution is 4.63. The molecule has 0 aromatic heterocycles.